The van der Waals surface area contributed by atoms with Crippen LogP contribution in [0, 0.1) is 5.92 Å². The summed E-state index contributed by atoms with van der Waals surface area (Å²) in [4.78, 5) is 0. The van der Waals surface area contributed by atoms with Gasteiger partial charge in [-0.1, -0.05) is 0 Å². The van der Waals surface area contributed by atoms with E-state index in [4.69, 9.17) is 26.6 Å². The van der Waals surface area contributed by atoms with Crippen molar-refractivity contribution in [3.63, 3.8) is 0 Å². The van der Waals surface area contributed by atoms with Crippen LogP contribution in [0.15, 0.2) is 16.7 Å². The first-order valence-electron chi connectivity index (χ1n) is 5.58. The van der Waals surface area contributed by atoms with E-state index >= 15 is 0 Å². The van der Waals surface area contributed by atoms with Crippen LogP contribution >= 0.6 is 11.6 Å². The average molecular weight is 245 g/mol. The predicted octanol–water partition coefficient (Wildman–Crippen LogP) is 2.25. The third kappa shape index (κ3) is 2.77. The van der Waals surface area contributed by atoms with Crippen molar-refractivity contribution in [3.8, 4) is 0 Å². The van der Waals surface area contributed by atoms with Gasteiger partial charge in [0.1, 0.15) is 0 Å². The minimum atomic E-state index is 0.0642. The molecule has 0 amide bonds. The lowest BCUT2D eigenvalue weighted by Gasteiger charge is -2.25. The van der Waals surface area contributed by atoms with Crippen molar-refractivity contribution < 1.29 is 9.15 Å². The smallest absolute Gasteiger partial charge is 0.197 e. The monoisotopic (exact) mass is 244 g/mol. The van der Waals surface area contributed by atoms with E-state index in [1.807, 2.05) is 6.07 Å². The molecule has 0 spiro atoms. The van der Waals surface area contributed by atoms with Gasteiger partial charge < -0.3 is 9.15 Å². The highest BCUT2D eigenvalue weighted by Crippen LogP contribution is 2.31. The molecule has 0 radical (unpaired) electrons. The van der Waals surface area contributed by atoms with Gasteiger partial charge in [-0.25, -0.2) is 0 Å². The van der Waals surface area contributed by atoms with Gasteiger partial charge in [-0.3, -0.25) is 11.3 Å². The standard InChI is InChI=1S/C11H17ClN2O2/c12-11-9(3-6-16-11)10(14-13)7-8-1-4-15-5-2-8/h3,6,8,10,14H,1-2,4-5,7,13H2. The van der Waals surface area contributed by atoms with E-state index in [0.717, 1.165) is 38.0 Å². The van der Waals surface area contributed by atoms with Gasteiger partial charge in [0, 0.05) is 18.8 Å². The van der Waals surface area contributed by atoms with Crippen LogP contribution < -0.4 is 11.3 Å². The van der Waals surface area contributed by atoms with Crippen LogP contribution in [0.5, 0.6) is 0 Å². The molecule has 0 aromatic carbocycles. The summed E-state index contributed by atoms with van der Waals surface area (Å²) in [5, 5.41) is 0.426. The van der Waals surface area contributed by atoms with Gasteiger partial charge in [-0.15, -0.1) is 0 Å². The first kappa shape index (κ1) is 11.9. The maximum Gasteiger partial charge on any atom is 0.197 e. The van der Waals surface area contributed by atoms with Crippen LogP contribution in [-0.2, 0) is 4.74 Å². The number of furan rings is 1. The molecule has 4 nitrogen and oxygen atoms in total. The van der Waals surface area contributed by atoms with Crippen molar-refractivity contribution in [2.45, 2.75) is 25.3 Å². The number of hydrogen-bond donors (Lipinski definition) is 2. The fraction of sp³-hybridized carbons (Fsp3) is 0.636. The van der Waals surface area contributed by atoms with Gasteiger partial charge in [0.05, 0.1) is 12.3 Å². The Labute approximate surface area is 100 Å². The van der Waals surface area contributed by atoms with Crippen LogP contribution in [0.2, 0.25) is 5.22 Å². The SMILES string of the molecule is NNC(CC1CCOCC1)c1ccoc1Cl. The van der Waals surface area contributed by atoms with Crippen molar-refractivity contribution in [3.05, 3.63) is 23.1 Å². The molecule has 16 heavy (non-hydrogen) atoms. The van der Waals surface area contributed by atoms with Crippen molar-refractivity contribution in [1.82, 2.24) is 5.43 Å². The first-order chi connectivity index (χ1) is 7.81. The quantitative estimate of drug-likeness (QED) is 0.630. The lowest BCUT2D eigenvalue weighted by Crippen LogP contribution is -2.31. The summed E-state index contributed by atoms with van der Waals surface area (Å²) in [6.45, 7) is 1.70. The average Bonchev–Trinajstić information content (AvgIpc) is 2.74. The van der Waals surface area contributed by atoms with Gasteiger partial charge in [-0.2, -0.15) is 0 Å². The van der Waals surface area contributed by atoms with Gasteiger partial charge >= 0.3 is 0 Å². The highest BCUT2D eigenvalue weighted by Gasteiger charge is 2.22. The van der Waals surface area contributed by atoms with Crippen LogP contribution in [-0.4, -0.2) is 13.2 Å². The molecule has 3 N–H and O–H groups in total. The van der Waals surface area contributed by atoms with E-state index in [1.165, 1.54) is 0 Å². The Bertz CT molecular complexity index is 324. The van der Waals surface area contributed by atoms with Crippen LogP contribution in [0.4, 0.5) is 0 Å². The Hall–Kier alpha value is -0.550. The van der Waals surface area contributed by atoms with Gasteiger partial charge in [0.2, 0.25) is 0 Å². The van der Waals surface area contributed by atoms with Crippen LogP contribution in [0.25, 0.3) is 0 Å². The van der Waals surface area contributed by atoms with Crippen LogP contribution in [0.1, 0.15) is 30.9 Å². The zero-order valence-corrected chi connectivity index (χ0v) is 9.87. The summed E-state index contributed by atoms with van der Waals surface area (Å²) in [6.07, 6.45) is 4.74. The fourth-order valence-electron chi connectivity index (χ4n) is 2.15. The van der Waals surface area contributed by atoms with Crippen molar-refractivity contribution in [2.75, 3.05) is 13.2 Å². The highest BCUT2D eigenvalue weighted by atomic mass is 35.5. The Morgan fingerprint density at radius 2 is 2.25 bits per heavy atom. The molecular formula is C11H17ClN2O2. The summed E-state index contributed by atoms with van der Waals surface area (Å²) in [7, 11) is 0. The molecule has 0 saturated carbocycles. The minimum Gasteiger partial charge on any atom is -0.453 e. The molecule has 1 fully saturated rings. The summed E-state index contributed by atoms with van der Waals surface area (Å²) in [5.74, 6) is 6.21. The Morgan fingerprint density at radius 3 is 2.81 bits per heavy atom. The van der Waals surface area contributed by atoms with Crippen LogP contribution in [0.3, 0.4) is 0 Å². The maximum atomic E-state index is 5.94. The molecule has 2 rings (SSSR count). The van der Waals surface area contributed by atoms with Gasteiger partial charge in [0.15, 0.2) is 5.22 Å². The molecule has 1 aromatic rings. The molecule has 1 atom stereocenters. The second-order valence-electron chi connectivity index (χ2n) is 4.16. The number of nitrogens with one attached hydrogen (secondary N) is 1. The molecule has 2 heterocycles. The molecule has 1 aliphatic heterocycles. The zero-order chi connectivity index (χ0) is 11.4. The third-order valence-corrected chi connectivity index (χ3v) is 3.44. The minimum absolute atomic E-state index is 0.0642. The fourth-order valence-corrected chi connectivity index (χ4v) is 2.40. The second kappa shape index (κ2) is 5.68. The van der Waals surface area contributed by atoms with Gasteiger partial charge in [-0.05, 0) is 42.8 Å². The van der Waals surface area contributed by atoms with Crippen molar-refractivity contribution in [2.24, 2.45) is 11.8 Å². The number of ether oxygens (including phenoxy) is 1. The Kier molecular flexibility index (Phi) is 4.23. The largest absolute Gasteiger partial charge is 0.453 e. The van der Waals surface area contributed by atoms with Crippen molar-refractivity contribution >= 4 is 11.6 Å². The normalized spacial score (nSPS) is 19.9. The lowest BCUT2D eigenvalue weighted by atomic mass is 9.90. The number of hydrazine groups is 1. The summed E-state index contributed by atoms with van der Waals surface area (Å²) >= 11 is 5.94. The predicted molar refractivity (Wildman–Crippen MR) is 61.9 cm³/mol. The Morgan fingerprint density at radius 1 is 1.50 bits per heavy atom. The first-order valence-corrected chi connectivity index (χ1v) is 5.96. The molecule has 5 heteroatoms. The summed E-state index contributed by atoms with van der Waals surface area (Å²) in [6, 6.07) is 1.93. The molecule has 0 bridgehead atoms. The molecule has 1 unspecified atom stereocenters. The van der Waals surface area contributed by atoms with Gasteiger partial charge in [0.25, 0.3) is 0 Å². The number of halogens is 1. The second-order valence-corrected chi connectivity index (χ2v) is 4.50. The van der Waals surface area contributed by atoms with E-state index < -0.39 is 0 Å². The van der Waals surface area contributed by atoms with Crippen molar-refractivity contribution in [1.29, 1.82) is 0 Å². The number of rotatable bonds is 4. The van der Waals surface area contributed by atoms with E-state index in [0.29, 0.717) is 11.1 Å². The van der Waals surface area contributed by atoms with E-state index in [-0.39, 0.29) is 6.04 Å². The third-order valence-electron chi connectivity index (χ3n) is 3.13. The molecule has 1 aliphatic rings. The van der Waals surface area contributed by atoms with E-state index in [1.54, 1.807) is 6.26 Å². The number of hydrogen-bond acceptors (Lipinski definition) is 4. The summed E-state index contributed by atoms with van der Waals surface area (Å²) in [5.41, 5.74) is 3.75. The molecule has 1 aromatic heterocycles. The topological polar surface area (TPSA) is 60.4 Å². The Balaban J connectivity index is 1.97. The molecular weight excluding hydrogens is 228 g/mol. The molecule has 1 saturated heterocycles. The maximum absolute atomic E-state index is 5.94. The molecule has 0 aliphatic carbocycles. The van der Waals surface area contributed by atoms with E-state index in [2.05, 4.69) is 5.43 Å². The lowest BCUT2D eigenvalue weighted by molar-refractivity contribution is 0.0605. The number of nitrogens with two attached hydrogens (primary N) is 1. The molecule has 90 valence electrons. The summed E-state index contributed by atoms with van der Waals surface area (Å²) < 4.78 is 10.4. The highest BCUT2D eigenvalue weighted by molar-refractivity contribution is 6.29. The zero-order valence-electron chi connectivity index (χ0n) is 9.12. The van der Waals surface area contributed by atoms with E-state index in [9.17, 15) is 0 Å².